The van der Waals surface area contributed by atoms with Crippen LogP contribution >= 0.6 is 0 Å². The van der Waals surface area contributed by atoms with Crippen molar-refractivity contribution in [3.05, 3.63) is 59.7 Å². The molecule has 0 fully saturated rings. The van der Waals surface area contributed by atoms with Crippen LogP contribution in [0.2, 0.25) is 0 Å². The molecule has 34 heavy (non-hydrogen) atoms. The fraction of sp³-hybridized carbons (Fsp3) is 0.423. The third-order valence-corrected chi connectivity index (χ3v) is 5.97. The summed E-state index contributed by atoms with van der Waals surface area (Å²) in [7, 11) is 1.37. The van der Waals surface area contributed by atoms with Gasteiger partial charge < -0.3 is 25.2 Å². The molecule has 0 spiro atoms. The smallest absolute Gasteiger partial charge is 0.407 e. The van der Waals surface area contributed by atoms with E-state index >= 15 is 0 Å². The second kappa shape index (κ2) is 12.2. The highest BCUT2D eigenvalue weighted by Crippen LogP contribution is 2.44. The van der Waals surface area contributed by atoms with E-state index in [1.807, 2.05) is 31.2 Å². The molecule has 0 bridgehead atoms. The van der Waals surface area contributed by atoms with Crippen molar-refractivity contribution in [2.24, 2.45) is 0 Å². The lowest BCUT2D eigenvalue weighted by Crippen LogP contribution is -2.46. The van der Waals surface area contributed by atoms with Gasteiger partial charge in [0.2, 0.25) is 5.91 Å². The van der Waals surface area contributed by atoms with Crippen molar-refractivity contribution in [3.8, 4) is 11.1 Å². The maximum absolute atomic E-state index is 12.6. The van der Waals surface area contributed by atoms with Crippen molar-refractivity contribution in [2.75, 3.05) is 20.3 Å². The fourth-order valence-corrected chi connectivity index (χ4v) is 4.30. The van der Waals surface area contributed by atoms with E-state index in [0.29, 0.717) is 6.42 Å². The number of hydrogen-bond acceptors (Lipinski definition) is 5. The lowest BCUT2D eigenvalue weighted by molar-refractivity contribution is -0.143. The molecule has 2 aromatic carbocycles. The van der Waals surface area contributed by atoms with Crippen molar-refractivity contribution in [1.29, 1.82) is 0 Å². The monoisotopic (exact) mass is 468 g/mol. The quantitative estimate of drug-likeness (QED) is 0.438. The van der Waals surface area contributed by atoms with Gasteiger partial charge in [-0.1, -0.05) is 68.3 Å². The molecular formula is C26H32N2O6. The Morgan fingerprint density at radius 1 is 1.00 bits per heavy atom. The van der Waals surface area contributed by atoms with E-state index in [2.05, 4.69) is 34.9 Å². The van der Waals surface area contributed by atoms with Crippen molar-refractivity contribution in [1.82, 2.24) is 10.6 Å². The Hall–Kier alpha value is -3.39. The SMILES string of the molecule is CCCC[C@@H](CC(=O)NC(COC)C(=O)O)NC(=O)OCC1c2ccccc2-c2ccccc21. The van der Waals surface area contributed by atoms with Crippen molar-refractivity contribution >= 4 is 18.0 Å². The van der Waals surface area contributed by atoms with Crippen LogP contribution in [0.25, 0.3) is 11.1 Å². The topological polar surface area (TPSA) is 114 Å². The van der Waals surface area contributed by atoms with Crippen LogP contribution in [-0.2, 0) is 19.1 Å². The first-order valence-corrected chi connectivity index (χ1v) is 11.6. The summed E-state index contributed by atoms with van der Waals surface area (Å²) in [4.78, 5) is 36.3. The molecule has 0 heterocycles. The van der Waals surface area contributed by atoms with Crippen LogP contribution < -0.4 is 10.6 Å². The molecule has 182 valence electrons. The van der Waals surface area contributed by atoms with Gasteiger partial charge in [0, 0.05) is 25.5 Å². The van der Waals surface area contributed by atoms with Crippen LogP contribution in [0.4, 0.5) is 4.79 Å². The number of carboxylic acid groups (broad SMARTS) is 1. The highest BCUT2D eigenvalue weighted by molar-refractivity contribution is 5.84. The molecule has 0 saturated heterocycles. The number of hydrogen-bond donors (Lipinski definition) is 3. The minimum Gasteiger partial charge on any atom is -0.480 e. The number of benzene rings is 2. The molecule has 0 aliphatic heterocycles. The normalized spacial score (nSPS) is 13.9. The van der Waals surface area contributed by atoms with Gasteiger partial charge in [-0.3, -0.25) is 4.79 Å². The predicted molar refractivity (Wildman–Crippen MR) is 128 cm³/mol. The van der Waals surface area contributed by atoms with Gasteiger partial charge >= 0.3 is 12.1 Å². The second-order valence-corrected chi connectivity index (χ2v) is 8.43. The molecular weight excluding hydrogens is 436 g/mol. The van der Waals surface area contributed by atoms with Gasteiger partial charge in [0.1, 0.15) is 6.61 Å². The van der Waals surface area contributed by atoms with E-state index in [-0.39, 0.29) is 25.6 Å². The summed E-state index contributed by atoms with van der Waals surface area (Å²) in [6.45, 7) is 2.06. The van der Waals surface area contributed by atoms with Gasteiger partial charge in [-0.2, -0.15) is 0 Å². The van der Waals surface area contributed by atoms with Crippen LogP contribution in [0.5, 0.6) is 0 Å². The van der Waals surface area contributed by atoms with Gasteiger partial charge in [-0.25, -0.2) is 9.59 Å². The number of carbonyl (C=O) groups is 3. The Balaban J connectivity index is 1.60. The molecule has 0 radical (unpaired) electrons. The number of alkyl carbamates (subject to hydrolysis) is 1. The number of rotatable bonds is 12. The highest BCUT2D eigenvalue weighted by atomic mass is 16.5. The fourth-order valence-electron chi connectivity index (χ4n) is 4.30. The van der Waals surface area contributed by atoms with Crippen LogP contribution in [0.1, 0.15) is 49.7 Å². The van der Waals surface area contributed by atoms with E-state index in [0.717, 1.165) is 35.1 Å². The number of aliphatic carboxylic acids is 1. The molecule has 2 aromatic rings. The van der Waals surface area contributed by atoms with E-state index in [1.54, 1.807) is 0 Å². The van der Waals surface area contributed by atoms with Gasteiger partial charge in [0.15, 0.2) is 6.04 Å². The van der Waals surface area contributed by atoms with Gasteiger partial charge in [0.25, 0.3) is 0 Å². The average molecular weight is 469 g/mol. The first-order valence-electron chi connectivity index (χ1n) is 11.6. The van der Waals surface area contributed by atoms with Crippen LogP contribution in [0.3, 0.4) is 0 Å². The minimum absolute atomic E-state index is 0.0440. The molecule has 2 atom stereocenters. The molecule has 1 aliphatic rings. The van der Waals surface area contributed by atoms with Gasteiger partial charge in [-0.15, -0.1) is 0 Å². The molecule has 8 nitrogen and oxygen atoms in total. The number of nitrogens with one attached hydrogen (secondary N) is 2. The molecule has 2 amide bonds. The van der Waals surface area contributed by atoms with Crippen molar-refractivity contribution < 1.29 is 29.0 Å². The lowest BCUT2D eigenvalue weighted by Gasteiger charge is -2.21. The molecule has 0 saturated carbocycles. The summed E-state index contributed by atoms with van der Waals surface area (Å²) >= 11 is 0. The maximum atomic E-state index is 12.6. The van der Waals surface area contributed by atoms with Crippen molar-refractivity contribution in [2.45, 2.75) is 50.6 Å². The van der Waals surface area contributed by atoms with E-state index in [9.17, 15) is 19.5 Å². The molecule has 3 N–H and O–H groups in total. The molecule has 8 heteroatoms. The zero-order valence-electron chi connectivity index (χ0n) is 19.6. The summed E-state index contributed by atoms with van der Waals surface area (Å²) in [6.07, 6.45) is 1.64. The molecule has 1 aliphatic carbocycles. The molecule has 3 rings (SSSR count). The number of ether oxygens (including phenoxy) is 2. The summed E-state index contributed by atoms with van der Waals surface area (Å²) in [5.74, 6) is -1.70. The maximum Gasteiger partial charge on any atom is 0.407 e. The summed E-state index contributed by atoms with van der Waals surface area (Å²) in [5.41, 5.74) is 4.54. The highest BCUT2D eigenvalue weighted by Gasteiger charge is 2.29. The number of amides is 2. The van der Waals surface area contributed by atoms with E-state index in [1.165, 1.54) is 7.11 Å². The van der Waals surface area contributed by atoms with Gasteiger partial charge in [0.05, 0.1) is 6.61 Å². The van der Waals surface area contributed by atoms with Crippen LogP contribution in [-0.4, -0.2) is 55.5 Å². The second-order valence-electron chi connectivity index (χ2n) is 8.43. The Morgan fingerprint density at radius 2 is 1.62 bits per heavy atom. The molecule has 0 aromatic heterocycles. The summed E-state index contributed by atoms with van der Waals surface area (Å²) in [5, 5.41) is 14.4. The first-order chi connectivity index (χ1) is 16.4. The number of methoxy groups -OCH3 is 1. The molecule has 1 unspecified atom stereocenters. The van der Waals surface area contributed by atoms with E-state index in [4.69, 9.17) is 9.47 Å². The number of unbranched alkanes of at least 4 members (excludes halogenated alkanes) is 1. The van der Waals surface area contributed by atoms with Crippen molar-refractivity contribution in [3.63, 3.8) is 0 Å². The number of fused-ring (bicyclic) bond motifs is 3. The minimum atomic E-state index is -1.18. The first kappa shape index (κ1) is 25.2. The zero-order chi connectivity index (χ0) is 24.5. The Labute approximate surface area is 199 Å². The Kier molecular flexibility index (Phi) is 9.04. The number of carboxylic acids is 1. The average Bonchev–Trinajstić information content (AvgIpc) is 3.14. The Morgan fingerprint density at radius 3 is 2.18 bits per heavy atom. The van der Waals surface area contributed by atoms with Gasteiger partial charge in [-0.05, 0) is 28.7 Å². The lowest BCUT2D eigenvalue weighted by atomic mass is 9.98. The van der Waals surface area contributed by atoms with Crippen LogP contribution in [0.15, 0.2) is 48.5 Å². The predicted octanol–water partition coefficient (Wildman–Crippen LogP) is 3.69. The van der Waals surface area contributed by atoms with E-state index < -0.39 is 30.1 Å². The third kappa shape index (κ3) is 6.35. The summed E-state index contributed by atoms with van der Waals surface area (Å²) in [6, 6.07) is 14.6. The summed E-state index contributed by atoms with van der Waals surface area (Å²) < 4.78 is 10.4. The van der Waals surface area contributed by atoms with Crippen LogP contribution in [0, 0.1) is 0 Å². The Bertz CT molecular complexity index is 963. The zero-order valence-corrected chi connectivity index (χ0v) is 19.6. The third-order valence-electron chi connectivity index (χ3n) is 5.97. The number of carbonyl (C=O) groups excluding carboxylic acids is 2. The largest absolute Gasteiger partial charge is 0.480 e. The standard InChI is InChI=1S/C26H32N2O6/c1-3-4-9-17(14-24(29)28-23(16-33-2)25(30)31)27-26(32)34-15-22-20-12-7-5-10-18(20)19-11-6-8-13-21(19)22/h5-8,10-13,17,22-23H,3-4,9,14-16H2,1-2H3,(H,27,32)(H,28,29)(H,30,31)/t17-,23?/m0/s1.